The smallest absolute Gasteiger partial charge is 0.0572 e. The largest absolute Gasteiger partial charge is 0.305 e. The number of nitrogens with one attached hydrogen (secondary N) is 1. The van der Waals surface area contributed by atoms with Crippen LogP contribution in [-0.4, -0.2) is 13.7 Å². The Labute approximate surface area is 142 Å². The van der Waals surface area contributed by atoms with Crippen molar-refractivity contribution in [1.82, 2.24) is 5.48 Å². The first-order chi connectivity index (χ1) is 10.9. The molecule has 0 fully saturated rings. The van der Waals surface area contributed by atoms with Gasteiger partial charge in [-0.25, -0.2) is 0 Å². The number of hydrogen-bond donors (Lipinski definition) is 1. The van der Waals surface area contributed by atoms with Crippen LogP contribution in [0.3, 0.4) is 0 Å². The normalized spacial score (nSPS) is 20.1. The van der Waals surface area contributed by atoms with Gasteiger partial charge in [0.05, 0.1) is 7.11 Å². The standard InChI is InChI=1S/C21H33NO/c1-17(9-7-10-18(2)14-16-22-23-6)12-13-20-19(3)11-8-15-21(20,4)5/h7,9-10,12-14,22H,8,11,15-16H2,1-6H3/b10-7+,13-12+,17-9+,18-14+. The summed E-state index contributed by atoms with van der Waals surface area (Å²) in [5.74, 6) is 0. The maximum atomic E-state index is 4.81. The van der Waals surface area contributed by atoms with Crippen molar-refractivity contribution in [3.63, 3.8) is 0 Å². The molecule has 0 atom stereocenters. The van der Waals surface area contributed by atoms with Crippen molar-refractivity contribution in [3.8, 4) is 0 Å². The van der Waals surface area contributed by atoms with Gasteiger partial charge < -0.3 is 4.84 Å². The second-order valence-electron chi connectivity index (χ2n) is 7.04. The predicted molar refractivity (Wildman–Crippen MR) is 101 cm³/mol. The summed E-state index contributed by atoms with van der Waals surface area (Å²) in [5, 5.41) is 0. The fourth-order valence-corrected chi connectivity index (χ4v) is 2.99. The number of allylic oxidation sites excluding steroid dienone is 9. The van der Waals surface area contributed by atoms with E-state index in [9.17, 15) is 0 Å². The second kappa shape index (κ2) is 9.69. The number of rotatable bonds is 7. The highest BCUT2D eigenvalue weighted by atomic mass is 16.6. The first kappa shape index (κ1) is 19.7. The van der Waals surface area contributed by atoms with Crippen LogP contribution in [0.5, 0.6) is 0 Å². The lowest BCUT2D eigenvalue weighted by Crippen LogP contribution is -2.19. The van der Waals surface area contributed by atoms with Gasteiger partial charge in [0, 0.05) is 6.54 Å². The molecule has 2 nitrogen and oxygen atoms in total. The fraction of sp³-hybridized carbons (Fsp3) is 0.524. The van der Waals surface area contributed by atoms with E-state index in [2.05, 4.69) is 76.6 Å². The van der Waals surface area contributed by atoms with Crippen molar-refractivity contribution in [2.75, 3.05) is 13.7 Å². The molecule has 1 rings (SSSR count). The lowest BCUT2D eigenvalue weighted by Gasteiger charge is -2.32. The Morgan fingerprint density at radius 3 is 2.61 bits per heavy atom. The van der Waals surface area contributed by atoms with E-state index >= 15 is 0 Å². The van der Waals surface area contributed by atoms with E-state index in [1.54, 1.807) is 12.7 Å². The van der Waals surface area contributed by atoms with Crippen LogP contribution in [0.15, 0.2) is 58.7 Å². The number of hydroxylamine groups is 1. The molecule has 0 amide bonds. The van der Waals surface area contributed by atoms with E-state index in [-0.39, 0.29) is 0 Å². The molecule has 0 aromatic heterocycles. The van der Waals surface area contributed by atoms with Gasteiger partial charge in [0.15, 0.2) is 0 Å². The molecular weight excluding hydrogens is 282 g/mol. The molecule has 0 bridgehead atoms. The molecule has 0 aromatic carbocycles. The quantitative estimate of drug-likeness (QED) is 0.371. The summed E-state index contributed by atoms with van der Waals surface area (Å²) < 4.78 is 0. The fourth-order valence-electron chi connectivity index (χ4n) is 2.99. The van der Waals surface area contributed by atoms with Gasteiger partial charge in [-0.2, -0.15) is 5.48 Å². The summed E-state index contributed by atoms with van der Waals surface area (Å²) in [6.07, 6.45) is 16.9. The van der Waals surface area contributed by atoms with Crippen molar-refractivity contribution in [2.45, 2.75) is 53.9 Å². The Morgan fingerprint density at radius 1 is 1.22 bits per heavy atom. The third-order valence-electron chi connectivity index (χ3n) is 4.43. The molecule has 1 N–H and O–H groups in total. The van der Waals surface area contributed by atoms with E-state index in [4.69, 9.17) is 4.84 Å². The van der Waals surface area contributed by atoms with Gasteiger partial charge >= 0.3 is 0 Å². The predicted octanol–water partition coefficient (Wildman–Crippen LogP) is 5.67. The van der Waals surface area contributed by atoms with Crippen LogP contribution < -0.4 is 5.48 Å². The van der Waals surface area contributed by atoms with Crippen molar-refractivity contribution >= 4 is 0 Å². The lowest BCUT2D eigenvalue weighted by atomic mass is 9.72. The minimum absolute atomic E-state index is 0.308. The summed E-state index contributed by atoms with van der Waals surface area (Å²) >= 11 is 0. The summed E-state index contributed by atoms with van der Waals surface area (Å²) in [4.78, 5) is 4.81. The summed E-state index contributed by atoms with van der Waals surface area (Å²) in [6, 6.07) is 0. The van der Waals surface area contributed by atoms with E-state index in [0.717, 1.165) is 6.54 Å². The highest BCUT2D eigenvalue weighted by Gasteiger charge is 2.26. The van der Waals surface area contributed by atoms with E-state index < -0.39 is 0 Å². The molecule has 0 spiro atoms. The van der Waals surface area contributed by atoms with Crippen molar-refractivity contribution in [3.05, 3.63) is 58.7 Å². The Morgan fingerprint density at radius 2 is 1.96 bits per heavy atom. The molecule has 0 saturated carbocycles. The summed E-state index contributed by atoms with van der Waals surface area (Å²) in [7, 11) is 1.63. The van der Waals surface area contributed by atoms with Gasteiger partial charge in [0.1, 0.15) is 0 Å². The Balaban J connectivity index is 2.67. The van der Waals surface area contributed by atoms with E-state index in [1.807, 2.05) is 0 Å². The van der Waals surface area contributed by atoms with Crippen LogP contribution in [-0.2, 0) is 4.84 Å². The number of hydrogen-bond acceptors (Lipinski definition) is 2. The van der Waals surface area contributed by atoms with Gasteiger partial charge in [0.25, 0.3) is 0 Å². The zero-order valence-corrected chi connectivity index (χ0v) is 15.7. The minimum atomic E-state index is 0.308. The van der Waals surface area contributed by atoms with Crippen LogP contribution in [0.4, 0.5) is 0 Å². The van der Waals surface area contributed by atoms with Crippen molar-refractivity contribution < 1.29 is 4.84 Å². The minimum Gasteiger partial charge on any atom is -0.305 e. The van der Waals surface area contributed by atoms with Gasteiger partial charge in [0.2, 0.25) is 0 Å². The second-order valence-corrected chi connectivity index (χ2v) is 7.04. The Hall–Kier alpha value is -1.38. The molecule has 0 aromatic rings. The molecule has 0 unspecified atom stereocenters. The van der Waals surface area contributed by atoms with Crippen LogP contribution in [0.2, 0.25) is 0 Å². The van der Waals surface area contributed by atoms with E-state index in [1.165, 1.54) is 36.0 Å². The third-order valence-corrected chi connectivity index (χ3v) is 4.43. The van der Waals surface area contributed by atoms with Gasteiger partial charge in [-0.15, -0.1) is 0 Å². The molecule has 2 heteroatoms. The zero-order chi connectivity index (χ0) is 17.3. The highest BCUT2D eigenvalue weighted by Crippen LogP contribution is 2.40. The molecule has 1 aliphatic carbocycles. The SMILES string of the molecule is CONC/C=C(C)/C=C/C=C(C)/C=C/C1=C(C)CCCC1(C)C. The van der Waals surface area contributed by atoms with Crippen LogP contribution in [0, 0.1) is 5.41 Å². The van der Waals surface area contributed by atoms with Crippen LogP contribution >= 0.6 is 0 Å². The Bertz CT molecular complexity index is 530. The first-order valence-corrected chi connectivity index (χ1v) is 8.52. The first-order valence-electron chi connectivity index (χ1n) is 8.52. The zero-order valence-electron chi connectivity index (χ0n) is 15.7. The molecule has 0 aliphatic heterocycles. The molecule has 23 heavy (non-hydrogen) atoms. The van der Waals surface area contributed by atoms with Crippen molar-refractivity contribution in [1.29, 1.82) is 0 Å². The summed E-state index contributed by atoms with van der Waals surface area (Å²) in [5.41, 5.74) is 8.66. The van der Waals surface area contributed by atoms with Crippen LogP contribution in [0.25, 0.3) is 0 Å². The van der Waals surface area contributed by atoms with Gasteiger partial charge in [-0.1, -0.05) is 67.0 Å². The van der Waals surface area contributed by atoms with E-state index in [0.29, 0.717) is 5.41 Å². The van der Waals surface area contributed by atoms with Gasteiger partial charge in [-0.3, -0.25) is 0 Å². The molecule has 0 heterocycles. The lowest BCUT2D eigenvalue weighted by molar-refractivity contribution is 0.101. The third kappa shape index (κ3) is 7.15. The molecule has 1 aliphatic rings. The van der Waals surface area contributed by atoms with Crippen molar-refractivity contribution in [2.24, 2.45) is 5.41 Å². The molecule has 128 valence electrons. The van der Waals surface area contributed by atoms with Crippen LogP contribution in [0.1, 0.15) is 53.9 Å². The topological polar surface area (TPSA) is 21.3 Å². The summed E-state index contributed by atoms with van der Waals surface area (Å²) in [6.45, 7) is 12.0. The maximum Gasteiger partial charge on any atom is 0.0572 e. The van der Waals surface area contributed by atoms with Gasteiger partial charge in [-0.05, 0) is 51.0 Å². The molecular formula is C21H33NO. The Kier molecular flexibility index (Phi) is 8.29. The maximum absolute atomic E-state index is 4.81. The average Bonchev–Trinajstić information content (AvgIpc) is 2.46. The molecule has 0 saturated heterocycles. The average molecular weight is 316 g/mol. The monoisotopic (exact) mass is 315 g/mol. The highest BCUT2D eigenvalue weighted by molar-refractivity contribution is 5.37. The molecule has 0 radical (unpaired) electrons.